The zero-order valence-electron chi connectivity index (χ0n) is 20.7. The first-order chi connectivity index (χ1) is 14.1. The fourth-order valence-electron chi connectivity index (χ4n) is 9.12. The predicted octanol–water partition coefficient (Wildman–Crippen LogP) is 7.03. The zero-order chi connectivity index (χ0) is 21.5. The summed E-state index contributed by atoms with van der Waals surface area (Å²) in [6, 6.07) is 0. The Labute approximate surface area is 185 Å². The van der Waals surface area contributed by atoms with Gasteiger partial charge in [0.2, 0.25) is 0 Å². The summed E-state index contributed by atoms with van der Waals surface area (Å²) < 4.78 is 12.2. The highest BCUT2D eigenvalue weighted by molar-refractivity contribution is 5.26. The van der Waals surface area contributed by atoms with Gasteiger partial charge in [-0.3, -0.25) is 0 Å². The molecule has 0 aromatic heterocycles. The van der Waals surface area contributed by atoms with E-state index in [4.69, 9.17) is 9.47 Å². The standard InChI is InChI=1S/C28H46O2/c1-17-14-18(2)28(7)20(15-17)8-9-21-23-11-10-22(27(23,6)13-12-24(21)28)19(3)29-16-25-26(4,5)30-25/h8,17-19,21-25H,9-16H2,1-7H3/t17-,18-,19-,21?,22+,23?,24?,25?,27+,28-/m0/s1. The van der Waals surface area contributed by atoms with Gasteiger partial charge in [0.1, 0.15) is 6.10 Å². The van der Waals surface area contributed by atoms with Crippen molar-refractivity contribution in [1.82, 2.24) is 0 Å². The van der Waals surface area contributed by atoms with Crippen LogP contribution >= 0.6 is 0 Å². The average molecular weight is 415 g/mol. The van der Waals surface area contributed by atoms with Crippen LogP contribution in [0.25, 0.3) is 0 Å². The molecule has 170 valence electrons. The fraction of sp³-hybridized carbons (Fsp3) is 0.929. The second-order valence-electron chi connectivity index (χ2n) is 13.0. The second kappa shape index (κ2) is 7.08. The summed E-state index contributed by atoms with van der Waals surface area (Å²) in [6.45, 7) is 17.8. The van der Waals surface area contributed by atoms with E-state index in [0.717, 1.165) is 36.2 Å². The molecule has 0 radical (unpaired) electrons. The van der Waals surface area contributed by atoms with Crippen molar-refractivity contribution in [2.45, 2.75) is 111 Å². The van der Waals surface area contributed by atoms with Crippen LogP contribution in [0.4, 0.5) is 0 Å². The van der Waals surface area contributed by atoms with Gasteiger partial charge in [-0.25, -0.2) is 0 Å². The van der Waals surface area contributed by atoms with E-state index in [2.05, 4.69) is 54.5 Å². The smallest absolute Gasteiger partial charge is 0.110 e. The number of hydrogen-bond acceptors (Lipinski definition) is 2. The molecule has 0 amide bonds. The maximum Gasteiger partial charge on any atom is 0.110 e. The van der Waals surface area contributed by atoms with Gasteiger partial charge in [-0.1, -0.05) is 39.3 Å². The van der Waals surface area contributed by atoms with Crippen molar-refractivity contribution in [3.63, 3.8) is 0 Å². The average Bonchev–Trinajstić information content (AvgIpc) is 3.12. The van der Waals surface area contributed by atoms with Crippen molar-refractivity contribution in [2.75, 3.05) is 6.61 Å². The van der Waals surface area contributed by atoms with Gasteiger partial charge < -0.3 is 9.47 Å². The molecule has 2 heteroatoms. The topological polar surface area (TPSA) is 21.8 Å². The predicted molar refractivity (Wildman–Crippen MR) is 123 cm³/mol. The summed E-state index contributed by atoms with van der Waals surface area (Å²) in [6.07, 6.45) is 13.1. The van der Waals surface area contributed by atoms with Crippen molar-refractivity contribution >= 4 is 0 Å². The molecule has 5 rings (SSSR count). The van der Waals surface area contributed by atoms with Crippen molar-refractivity contribution in [2.24, 2.45) is 46.3 Å². The number of fused-ring (bicyclic) bond motifs is 5. The Morgan fingerprint density at radius 2 is 1.83 bits per heavy atom. The van der Waals surface area contributed by atoms with E-state index in [9.17, 15) is 0 Å². The molecular weight excluding hydrogens is 368 g/mol. The minimum atomic E-state index is 0.0374. The molecule has 30 heavy (non-hydrogen) atoms. The van der Waals surface area contributed by atoms with E-state index in [1.54, 1.807) is 0 Å². The molecule has 3 saturated carbocycles. The Morgan fingerprint density at radius 1 is 1.10 bits per heavy atom. The van der Waals surface area contributed by atoms with Crippen molar-refractivity contribution in [1.29, 1.82) is 0 Å². The zero-order valence-corrected chi connectivity index (χ0v) is 20.7. The minimum absolute atomic E-state index is 0.0374. The number of allylic oxidation sites excluding steroid dienone is 2. The van der Waals surface area contributed by atoms with Gasteiger partial charge in [0.25, 0.3) is 0 Å². The van der Waals surface area contributed by atoms with Crippen LogP contribution in [0.2, 0.25) is 0 Å². The SMILES string of the molecule is C[C@@H]1CC2=CCC3C4CC[C@H]([C@H](C)OCC5OC5(C)C)[C@@]4(C)CCC3[C@@]2(C)[C@@H](C)C1. The van der Waals surface area contributed by atoms with E-state index in [0.29, 0.717) is 29.0 Å². The normalized spacial score (nSPS) is 52.6. The summed E-state index contributed by atoms with van der Waals surface area (Å²) in [4.78, 5) is 0. The van der Waals surface area contributed by atoms with Gasteiger partial charge in [-0.2, -0.15) is 0 Å². The van der Waals surface area contributed by atoms with Crippen molar-refractivity contribution < 1.29 is 9.47 Å². The van der Waals surface area contributed by atoms with E-state index < -0.39 is 0 Å². The van der Waals surface area contributed by atoms with Gasteiger partial charge in [0.05, 0.1) is 18.3 Å². The monoisotopic (exact) mass is 414 g/mol. The molecule has 1 aliphatic heterocycles. The lowest BCUT2D eigenvalue weighted by Crippen LogP contribution is -2.53. The van der Waals surface area contributed by atoms with Gasteiger partial charge in [-0.05, 0) is 112 Å². The largest absolute Gasteiger partial charge is 0.375 e. The number of hydrogen-bond donors (Lipinski definition) is 0. The maximum atomic E-state index is 6.43. The second-order valence-corrected chi connectivity index (χ2v) is 13.0. The molecule has 0 N–H and O–H groups in total. The summed E-state index contributed by atoms with van der Waals surface area (Å²) in [5, 5.41) is 0. The number of epoxide rings is 1. The molecule has 2 nitrogen and oxygen atoms in total. The summed E-state index contributed by atoms with van der Waals surface area (Å²) in [5.41, 5.74) is 2.80. The molecule has 5 aliphatic rings. The Kier molecular flexibility index (Phi) is 5.07. The third-order valence-electron chi connectivity index (χ3n) is 11.2. The van der Waals surface area contributed by atoms with Crippen LogP contribution in [0.15, 0.2) is 11.6 Å². The fourth-order valence-corrected chi connectivity index (χ4v) is 9.12. The van der Waals surface area contributed by atoms with Crippen LogP contribution in [0.1, 0.15) is 93.4 Å². The van der Waals surface area contributed by atoms with Crippen LogP contribution in [-0.2, 0) is 9.47 Å². The minimum Gasteiger partial charge on any atom is -0.375 e. The first-order valence-electron chi connectivity index (χ1n) is 13.1. The molecule has 1 saturated heterocycles. The van der Waals surface area contributed by atoms with Gasteiger partial charge in [0.15, 0.2) is 0 Å². The Balaban J connectivity index is 1.33. The Hall–Kier alpha value is -0.340. The highest BCUT2D eigenvalue weighted by atomic mass is 16.6. The van der Waals surface area contributed by atoms with E-state index in [-0.39, 0.29) is 5.60 Å². The highest BCUT2D eigenvalue weighted by Gasteiger charge is 2.60. The van der Waals surface area contributed by atoms with Crippen LogP contribution in [0.3, 0.4) is 0 Å². The third-order valence-corrected chi connectivity index (χ3v) is 11.2. The number of ether oxygens (including phenoxy) is 2. The van der Waals surface area contributed by atoms with Crippen LogP contribution in [0, 0.1) is 46.3 Å². The maximum absolute atomic E-state index is 6.43. The summed E-state index contributed by atoms with van der Waals surface area (Å²) >= 11 is 0. The molecule has 0 spiro atoms. The molecule has 0 aromatic carbocycles. The van der Waals surface area contributed by atoms with Gasteiger partial charge in [0, 0.05) is 0 Å². The molecule has 4 unspecified atom stereocenters. The first-order valence-corrected chi connectivity index (χ1v) is 13.1. The lowest BCUT2D eigenvalue weighted by atomic mass is 9.45. The molecule has 4 fully saturated rings. The van der Waals surface area contributed by atoms with Crippen LogP contribution < -0.4 is 0 Å². The molecule has 1 heterocycles. The van der Waals surface area contributed by atoms with E-state index in [1.165, 1.54) is 44.9 Å². The lowest BCUT2D eigenvalue weighted by molar-refractivity contribution is -0.0892. The van der Waals surface area contributed by atoms with E-state index >= 15 is 0 Å². The van der Waals surface area contributed by atoms with Gasteiger partial charge >= 0.3 is 0 Å². The first kappa shape index (κ1) is 21.5. The highest BCUT2D eigenvalue weighted by Crippen LogP contribution is 2.68. The van der Waals surface area contributed by atoms with E-state index in [1.807, 2.05) is 5.57 Å². The third kappa shape index (κ3) is 3.10. The molecule has 0 aromatic rings. The quantitative estimate of drug-likeness (QED) is 0.364. The van der Waals surface area contributed by atoms with Crippen LogP contribution in [0.5, 0.6) is 0 Å². The Morgan fingerprint density at radius 3 is 2.53 bits per heavy atom. The molecular formula is C28H46O2. The van der Waals surface area contributed by atoms with Crippen molar-refractivity contribution in [3.8, 4) is 0 Å². The van der Waals surface area contributed by atoms with Crippen LogP contribution in [-0.4, -0.2) is 24.4 Å². The molecule has 0 bridgehead atoms. The summed E-state index contributed by atoms with van der Waals surface area (Å²) in [7, 11) is 0. The summed E-state index contributed by atoms with van der Waals surface area (Å²) in [5.74, 6) is 5.13. The lowest BCUT2D eigenvalue weighted by Gasteiger charge is -2.60. The number of rotatable bonds is 4. The molecule has 10 atom stereocenters. The van der Waals surface area contributed by atoms with Gasteiger partial charge in [-0.15, -0.1) is 0 Å². The van der Waals surface area contributed by atoms with Crippen molar-refractivity contribution in [3.05, 3.63) is 11.6 Å². The Bertz CT molecular complexity index is 709. The molecule has 4 aliphatic carbocycles.